The van der Waals surface area contributed by atoms with E-state index in [2.05, 4.69) is 12.2 Å². The van der Waals surface area contributed by atoms with Gasteiger partial charge >= 0.3 is 6.09 Å². The molecule has 2 bridgehead atoms. The van der Waals surface area contributed by atoms with Crippen LogP contribution in [0.1, 0.15) is 46.6 Å². The quantitative estimate of drug-likeness (QED) is 0.478. The van der Waals surface area contributed by atoms with Crippen molar-refractivity contribution in [3.63, 3.8) is 0 Å². The molecular weight excluding hydrogens is 533 g/mol. The molecule has 5 atom stereocenters. The first-order valence-corrected chi connectivity index (χ1v) is 15.3. The smallest absolute Gasteiger partial charge is 0.415 e. The molecule has 40 heavy (non-hydrogen) atoms. The standard InChI is InChI=1S/C30H36FN3O5S/c1-6-40(37,38)20-11-9-17(10-12-20)18-7-8-19(22(31)13-18)14-24(32)33-28(35)27-21-15-23(26-16(2)25(21)26)34(27)29(36)39-30(3,4)5/h7-13,16,21,24-25,27H,6,14-15,32H2,1-5H3,(H,33,35). The Morgan fingerprint density at radius 1 is 1.15 bits per heavy atom. The van der Waals surface area contributed by atoms with Gasteiger partial charge in [-0.05, 0) is 79.5 Å². The van der Waals surface area contributed by atoms with Gasteiger partial charge in [0.15, 0.2) is 9.84 Å². The molecule has 2 aromatic rings. The zero-order valence-corrected chi connectivity index (χ0v) is 24.2. The van der Waals surface area contributed by atoms with Crippen molar-refractivity contribution in [3.8, 4) is 11.1 Å². The van der Waals surface area contributed by atoms with E-state index in [0.717, 1.165) is 5.70 Å². The van der Waals surface area contributed by atoms with Crippen molar-refractivity contribution < 1.29 is 27.1 Å². The van der Waals surface area contributed by atoms with Gasteiger partial charge in [0.2, 0.25) is 5.91 Å². The molecule has 2 aromatic carbocycles. The maximum absolute atomic E-state index is 15.1. The second kappa shape index (κ2) is 9.99. The largest absolute Gasteiger partial charge is 0.443 e. The van der Waals surface area contributed by atoms with E-state index >= 15 is 4.39 Å². The molecule has 2 fully saturated rings. The zero-order chi connectivity index (χ0) is 29.1. The number of carbonyl (C=O) groups is 2. The summed E-state index contributed by atoms with van der Waals surface area (Å²) >= 11 is 0. The molecular formula is C30H36FN3O5S. The minimum atomic E-state index is -3.32. The van der Waals surface area contributed by atoms with Crippen molar-refractivity contribution in [2.24, 2.45) is 23.5 Å². The van der Waals surface area contributed by atoms with Crippen LogP contribution in [0.5, 0.6) is 0 Å². The minimum absolute atomic E-state index is 0.00515. The number of likely N-dealkylation sites (tertiary alicyclic amines) is 1. The molecule has 0 aromatic heterocycles. The van der Waals surface area contributed by atoms with Crippen molar-refractivity contribution in [3.05, 3.63) is 65.1 Å². The Bertz CT molecular complexity index is 1500. The number of halogens is 1. The number of amides is 2. The molecule has 2 aliphatic carbocycles. The Labute approximate surface area is 234 Å². The average molecular weight is 570 g/mol. The Morgan fingerprint density at radius 2 is 1.80 bits per heavy atom. The van der Waals surface area contributed by atoms with E-state index in [1.807, 2.05) is 0 Å². The Kier molecular flexibility index (Phi) is 7.07. The summed E-state index contributed by atoms with van der Waals surface area (Å²) in [5.74, 6) is -0.188. The van der Waals surface area contributed by atoms with E-state index in [1.54, 1.807) is 52.0 Å². The van der Waals surface area contributed by atoms with Gasteiger partial charge in [0.05, 0.1) is 16.8 Å². The number of rotatable bonds is 7. The van der Waals surface area contributed by atoms with Crippen LogP contribution in [0, 0.1) is 23.6 Å². The topological polar surface area (TPSA) is 119 Å². The van der Waals surface area contributed by atoms with Gasteiger partial charge in [0, 0.05) is 18.0 Å². The van der Waals surface area contributed by atoms with Gasteiger partial charge in [0.25, 0.3) is 0 Å². The van der Waals surface area contributed by atoms with Crippen LogP contribution >= 0.6 is 0 Å². The van der Waals surface area contributed by atoms with E-state index in [9.17, 15) is 18.0 Å². The number of allylic oxidation sites excluding steroid dienone is 2. The summed E-state index contributed by atoms with van der Waals surface area (Å²) in [7, 11) is -3.32. The third-order valence-corrected chi connectivity index (χ3v) is 9.83. The number of fused-ring (bicyclic) bond motifs is 4. The molecule has 2 amide bonds. The first-order chi connectivity index (χ1) is 18.7. The SMILES string of the molecule is CCS(=O)(=O)c1ccc(-c2ccc(CC(N)NC(=O)C3C4CC(=C5C(C)C54)N3C(=O)OC(C)(C)C)c(F)c2)cc1. The van der Waals surface area contributed by atoms with E-state index in [1.165, 1.54) is 28.7 Å². The molecule has 10 heteroatoms. The number of nitrogens with one attached hydrogen (secondary N) is 1. The molecule has 3 aliphatic rings. The first kappa shape index (κ1) is 28.3. The van der Waals surface area contributed by atoms with Crippen LogP contribution in [0.15, 0.2) is 58.6 Å². The molecule has 1 heterocycles. The van der Waals surface area contributed by atoms with E-state index in [-0.39, 0.29) is 28.9 Å². The predicted octanol–water partition coefficient (Wildman–Crippen LogP) is 4.39. The van der Waals surface area contributed by atoms with Gasteiger partial charge in [0.1, 0.15) is 17.5 Å². The lowest BCUT2D eigenvalue weighted by atomic mass is 9.94. The lowest BCUT2D eigenvalue weighted by Crippen LogP contribution is -2.55. The van der Waals surface area contributed by atoms with Crippen molar-refractivity contribution in [1.29, 1.82) is 0 Å². The molecule has 8 nitrogen and oxygen atoms in total. The van der Waals surface area contributed by atoms with E-state index in [4.69, 9.17) is 10.5 Å². The van der Waals surface area contributed by atoms with Crippen LogP contribution in [0.25, 0.3) is 11.1 Å². The van der Waals surface area contributed by atoms with Gasteiger partial charge < -0.3 is 15.8 Å². The van der Waals surface area contributed by atoms with Crippen LogP contribution in [0.2, 0.25) is 0 Å². The number of benzene rings is 2. The zero-order valence-electron chi connectivity index (χ0n) is 23.4. The minimum Gasteiger partial charge on any atom is -0.443 e. The monoisotopic (exact) mass is 569 g/mol. The predicted molar refractivity (Wildman–Crippen MR) is 149 cm³/mol. The summed E-state index contributed by atoms with van der Waals surface area (Å²) in [4.78, 5) is 28.2. The second-order valence-corrected chi connectivity index (χ2v) is 14.2. The maximum Gasteiger partial charge on any atom is 0.415 e. The van der Waals surface area contributed by atoms with E-state index < -0.39 is 39.6 Å². The van der Waals surface area contributed by atoms with Crippen LogP contribution in [0.3, 0.4) is 0 Å². The second-order valence-electron chi connectivity index (χ2n) is 11.9. The summed E-state index contributed by atoms with van der Waals surface area (Å²) in [6, 6.07) is 10.3. The van der Waals surface area contributed by atoms with Crippen molar-refractivity contribution >= 4 is 21.8 Å². The fourth-order valence-electron chi connectivity index (χ4n) is 6.17. The number of carbonyl (C=O) groups excluding carboxylic acids is 2. The molecule has 5 rings (SSSR count). The summed E-state index contributed by atoms with van der Waals surface area (Å²) < 4.78 is 44.8. The fraction of sp³-hybridized carbons (Fsp3) is 0.467. The number of ether oxygens (including phenoxy) is 1. The van der Waals surface area contributed by atoms with E-state index in [0.29, 0.717) is 34.9 Å². The van der Waals surface area contributed by atoms with Gasteiger partial charge in [-0.15, -0.1) is 0 Å². The molecule has 214 valence electrons. The number of nitrogens with zero attached hydrogens (tertiary/aromatic N) is 1. The summed E-state index contributed by atoms with van der Waals surface area (Å²) in [5.41, 5.74) is 9.30. The number of hydrogen-bond donors (Lipinski definition) is 2. The summed E-state index contributed by atoms with van der Waals surface area (Å²) in [6.07, 6.45) is -0.677. The highest BCUT2D eigenvalue weighted by molar-refractivity contribution is 7.91. The Balaban J connectivity index is 1.26. The number of nitrogens with two attached hydrogens (primary N) is 1. The van der Waals surface area contributed by atoms with Crippen molar-refractivity contribution in [2.75, 3.05) is 5.75 Å². The third-order valence-electron chi connectivity index (χ3n) is 8.08. The lowest BCUT2D eigenvalue weighted by molar-refractivity contribution is -0.127. The molecule has 0 spiro atoms. The highest BCUT2D eigenvalue weighted by Crippen LogP contribution is 2.65. The number of hydrogen-bond acceptors (Lipinski definition) is 6. The van der Waals surface area contributed by atoms with Crippen LogP contribution in [-0.4, -0.2) is 48.9 Å². The highest BCUT2D eigenvalue weighted by atomic mass is 32.2. The molecule has 5 unspecified atom stereocenters. The van der Waals surface area contributed by atoms with Crippen molar-refractivity contribution in [2.45, 2.75) is 70.2 Å². The Hall–Kier alpha value is -3.24. The lowest BCUT2D eigenvalue weighted by Gasteiger charge is -2.32. The molecule has 3 N–H and O–H groups in total. The average Bonchev–Trinajstić information content (AvgIpc) is 3.22. The molecule has 0 radical (unpaired) electrons. The molecule has 1 aliphatic heterocycles. The van der Waals surface area contributed by atoms with Gasteiger partial charge in [-0.2, -0.15) is 0 Å². The fourth-order valence-corrected chi connectivity index (χ4v) is 7.05. The van der Waals surface area contributed by atoms with Crippen molar-refractivity contribution in [1.82, 2.24) is 10.2 Å². The van der Waals surface area contributed by atoms with Gasteiger partial charge in [-0.3, -0.25) is 9.69 Å². The Morgan fingerprint density at radius 3 is 2.40 bits per heavy atom. The third kappa shape index (κ3) is 5.14. The normalized spacial score (nSPS) is 24.1. The molecule has 1 saturated heterocycles. The van der Waals surface area contributed by atoms with Crippen LogP contribution in [-0.2, 0) is 25.8 Å². The maximum atomic E-state index is 15.1. The van der Waals surface area contributed by atoms with Gasteiger partial charge in [-0.25, -0.2) is 17.6 Å². The van der Waals surface area contributed by atoms with Crippen LogP contribution < -0.4 is 11.1 Å². The van der Waals surface area contributed by atoms with Crippen LogP contribution in [0.4, 0.5) is 9.18 Å². The first-order valence-electron chi connectivity index (χ1n) is 13.6. The summed E-state index contributed by atoms with van der Waals surface area (Å²) in [5, 5.41) is 2.80. The molecule has 1 saturated carbocycles. The summed E-state index contributed by atoms with van der Waals surface area (Å²) in [6.45, 7) is 9.06. The highest BCUT2D eigenvalue weighted by Gasteiger charge is 2.64. The van der Waals surface area contributed by atoms with Gasteiger partial charge in [-0.1, -0.05) is 38.1 Å². The number of sulfone groups is 1.